The molecule has 2 aromatic rings. The van der Waals surface area contributed by atoms with Crippen LogP contribution in [-0.4, -0.2) is 58.0 Å². The molecule has 1 aliphatic carbocycles. The van der Waals surface area contributed by atoms with E-state index in [1.165, 1.54) is 19.3 Å². The zero-order valence-electron chi connectivity index (χ0n) is 16.3. The summed E-state index contributed by atoms with van der Waals surface area (Å²) in [5, 5.41) is 8.17. The Morgan fingerprint density at radius 2 is 1.89 bits per heavy atom. The molecule has 1 unspecified atom stereocenters. The highest BCUT2D eigenvalue weighted by Gasteiger charge is 2.51. The summed E-state index contributed by atoms with van der Waals surface area (Å²) in [6.07, 6.45) is 7.41. The Bertz CT molecular complexity index is 895. The van der Waals surface area contributed by atoms with Gasteiger partial charge in [-0.15, -0.1) is 0 Å². The summed E-state index contributed by atoms with van der Waals surface area (Å²) >= 11 is 0. The van der Waals surface area contributed by atoms with Gasteiger partial charge in [0.15, 0.2) is 5.69 Å². The number of rotatable bonds is 4. The van der Waals surface area contributed by atoms with Gasteiger partial charge in [0.25, 0.3) is 5.91 Å². The van der Waals surface area contributed by atoms with Crippen molar-refractivity contribution < 1.29 is 9.59 Å². The molecule has 3 fully saturated rings. The van der Waals surface area contributed by atoms with Gasteiger partial charge in [0.05, 0.1) is 5.52 Å². The fraction of sp³-hybridized carbons (Fsp3) is 0.591. The minimum absolute atomic E-state index is 0.0251. The maximum absolute atomic E-state index is 13.2. The lowest BCUT2D eigenvalue weighted by molar-refractivity contribution is -0.130. The van der Waals surface area contributed by atoms with Gasteiger partial charge in [-0.2, -0.15) is 5.10 Å². The Morgan fingerprint density at radius 1 is 1.11 bits per heavy atom. The van der Waals surface area contributed by atoms with Crippen molar-refractivity contribution in [3.05, 3.63) is 30.0 Å². The van der Waals surface area contributed by atoms with Crippen molar-refractivity contribution in [3.8, 4) is 0 Å². The van der Waals surface area contributed by atoms with Crippen LogP contribution < -0.4 is 0 Å². The molecule has 1 N–H and O–H groups in total. The lowest BCUT2D eigenvalue weighted by Crippen LogP contribution is -2.39. The minimum Gasteiger partial charge on any atom is -0.343 e. The largest absolute Gasteiger partial charge is 0.343 e. The van der Waals surface area contributed by atoms with Gasteiger partial charge in [0.1, 0.15) is 0 Å². The van der Waals surface area contributed by atoms with E-state index in [1.54, 1.807) is 0 Å². The Hall–Kier alpha value is -2.37. The van der Waals surface area contributed by atoms with Gasteiger partial charge in [0, 0.05) is 38.0 Å². The van der Waals surface area contributed by atoms with E-state index in [0.717, 1.165) is 56.3 Å². The molecule has 0 radical (unpaired) electrons. The molecule has 2 aliphatic heterocycles. The van der Waals surface area contributed by atoms with Crippen LogP contribution in [0.3, 0.4) is 0 Å². The summed E-state index contributed by atoms with van der Waals surface area (Å²) in [7, 11) is 0. The molecule has 1 aromatic carbocycles. The monoisotopic (exact) mass is 380 g/mol. The zero-order chi connectivity index (χ0) is 19.1. The molecule has 2 saturated heterocycles. The predicted molar refractivity (Wildman–Crippen MR) is 107 cm³/mol. The van der Waals surface area contributed by atoms with Gasteiger partial charge >= 0.3 is 0 Å². The fourth-order valence-electron chi connectivity index (χ4n) is 5.48. The van der Waals surface area contributed by atoms with Gasteiger partial charge in [0.2, 0.25) is 5.91 Å². The minimum atomic E-state index is 0.0251. The normalized spacial score (nSPS) is 23.5. The van der Waals surface area contributed by atoms with E-state index in [2.05, 4.69) is 10.2 Å². The molecule has 3 heterocycles. The average molecular weight is 380 g/mol. The van der Waals surface area contributed by atoms with Crippen molar-refractivity contribution in [2.45, 2.75) is 44.9 Å². The summed E-state index contributed by atoms with van der Waals surface area (Å²) in [5.74, 6) is 0.758. The van der Waals surface area contributed by atoms with E-state index in [0.29, 0.717) is 23.9 Å². The maximum atomic E-state index is 13.2. The van der Waals surface area contributed by atoms with Crippen LogP contribution in [0.2, 0.25) is 0 Å². The number of hydrogen-bond acceptors (Lipinski definition) is 3. The first-order chi connectivity index (χ1) is 13.7. The molecule has 0 bridgehead atoms. The third kappa shape index (κ3) is 2.90. The number of H-pyrrole nitrogens is 1. The van der Waals surface area contributed by atoms with E-state index >= 15 is 0 Å². The van der Waals surface area contributed by atoms with E-state index in [-0.39, 0.29) is 11.3 Å². The second kappa shape index (κ2) is 6.90. The number of hydrogen-bond donors (Lipinski definition) is 1. The Morgan fingerprint density at radius 3 is 2.64 bits per heavy atom. The first kappa shape index (κ1) is 17.7. The van der Waals surface area contributed by atoms with Crippen molar-refractivity contribution in [1.82, 2.24) is 20.0 Å². The van der Waals surface area contributed by atoms with E-state index in [4.69, 9.17) is 0 Å². The zero-order valence-corrected chi connectivity index (χ0v) is 16.3. The van der Waals surface area contributed by atoms with Crippen LogP contribution in [0.15, 0.2) is 24.3 Å². The molecule has 1 aromatic heterocycles. The first-order valence-corrected chi connectivity index (χ1v) is 10.7. The summed E-state index contributed by atoms with van der Waals surface area (Å²) in [6.45, 7) is 3.42. The van der Waals surface area contributed by atoms with Crippen molar-refractivity contribution in [3.63, 3.8) is 0 Å². The molecule has 1 atom stereocenters. The quantitative estimate of drug-likeness (QED) is 0.885. The van der Waals surface area contributed by atoms with E-state index < -0.39 is 0 Å². The van der Waals surface area contributed by atoms with Gasteiger partial charge in [-0.1, -0.05) is 24.6 Å². The number of nitrogens with one attached hydrogen (secondary N) is 1. The Kier molecular flexibility index (Phi) is 4.37. The third-order valence-electron chi connectivity index (χ3n) is 7.29. The van der Waals surface area contributed by atoms with Crippen LogP contribution in [0.25, 0.3) is 10.9 Å². The third-order valence-corrected chi connectivity index (χ3v) is 7.29. The van der Waals surface area contributed by atoms with Crippen molar-refractivity contribution in [1.29, 1.82) is 0 Å². The fourth-order valence-corrected chi connectivity index (χ4v) is 5.48. The Balaban J connectivity index is 1.29. The van der Waals surface area contributed by atoms with Gasteiger partial charge in [-0.05, 0) is 49.5 Å². The lowest BCUT2D eigenvalue weighted by atomic mass is 9.62. The van der Waals surface area contributed by atoms with Crippen molar-refractivity contribution in [2.75, 3.05) is 26.2 Å². The molecular weight excluding hydrogens is 352 g/mol. The van der Waals surface area contributed by atoms with Crippen LogP contribution in [0, 0.1) is 11.3 Å². The molecular formula is C22H28N4O2. The second-order valence-corrected chi connectivity index (χ2v) is 8.84. The summed E-state index contributed by atoms with van der Waals surface area (Å²) in [4.78, 5) is 29.7. The molecule has 148 valence electrons. The number of amides is 2. The number of carbonyl (C=O) groups excluding carboxylic acids is 2. The predicted octanol–water partition coefficient (Wildman–Crippen LogP) is 3.21. The number of likely N-dealkylation sites (tertiary alicyclic amines) is 2. The lowest BCUT2D eigenvalue weighted by Gasteiger charge is -2.43. The van der Waals surface area contributed by atoms with Crippen LogP contribution in [0.1, 0.15) is 55.4 Å². The van der Waals surface area contributed by atoms with Crippen LogP contribution in [0.4, 0.5) is 0 Å². The van der Waals surface area contributed by atoms with Crippen LogP contribution in [0.5, 0.6) is 0 Å². The SMILES string of the molecule is O=C(CCC1CN(C(=O)c2n[nH]c3ccccc23)CC12CCC2)N1CCCC1. The van der Waals surface area contributed by atoms with Crippen molar-refractivity contribution in [2.24, 2.45) is 11.3 Å². The molecule has 6 heteroatoms. The highest BCUT2D eigenvalue weighted by Crippen LogP contribution is 2.53. The van der Waals surface area contributed by atoms with E-state index in [9.17, 15) is 9.59 Å². The second-order valence-electron chi connectivity index (χ2n) is 8.84. The van der Waals surface area contributed by atoms with Gasteiger partial charge in [-0.25, -0.2) is 0 Å². The van der Waals surface area contributed by atoms with Crippen LogP contribution in [-0.2, 0) is 4.79 Å². The number of nitrogens with zero attached hydrogens (tertiary/aromatic N) is 3. The summed E-state index contributed by atoms with van der Waals surface area (Å²) in [6, 6.07) is 7.79. The summed E-state index contributed by atoms with van der Waals surface area (Å²) < 4.78 is 0. The first-order valence-electron chi connectivity index (χ1n) is 10.7. The smallest absolute Gasteiger partial charge is 0.275 e. The Labute approximate surface area is 165 Å². The van der Waals surface area contributed by atoms with Crippen molar-refractivity contribution >= 4 is 22.7 Å². The maximum Gasteiger partial charge on any atom is 0.275 e. The molecule has 5 rings (SSSR count). The number of aromatic nitrogens is 2. The number of carbonyl (C=O) groups is 2. The molecule has 6 nitrogen and oxygen atoms in total. The van der Waals surface area contributed by atoms with Gasteiger partial charge in [-0.3, -0.25) is 14.7 Å². The number of para-hydroxylation sites is 1. The average Bonchev–Trinajstić information content (AvgIpc) is 3.43. The highest BCUT2D eigenvalue weighted by atomic mass is 16.2. The van der Waals surface area contributed by atoms with Crippen LogP contribution >= 0.6 is 0 Å². The van der Waals surface area contributed by atoms with Gasteiger partial charge < -0.3 is 9.80 Å². The highest BCUT2D eigenvalue weighted by molar-refractivity contribution is 6.04. The summed E-state index contributed by atoms with van der Waals surface area (Å²) in [5.41, 5.74) is 1.66. The van der Waals surface area contributed by atoms with E-state index in [1.807, 2.05) is 34.1 Å². The molecule has 28 heavy (non-hydrogen) atoms. The molecule has 1 spiro atoms. The number of fused-ring (bicyclic) bond motifs is 1. The molecule has 1 saturated carbocycles. The standard InChI is InChI=1S/C22H28N4O2/c27-19(25-12-3-4-13-25)9-8-16-14-26(15-22(16)10-5-11-22)21(28)20-17-6-1-2-7-18(17)23-24-20/h1-2,6-7,16H,3-5,8-15H2,(H,23,24). The number of aromatic amines is 1. The molecule has 2 amide bonds. The topological polar surface area (TPSA) is 69.3 Å². The molecule has 3 aliphatic rings. The number of benzene rings is 1.